The van der Waals surface area contributed by atoms with Gasteiger partial charge in [0.1, 0.15) is 12.4 Å². The molecule has 1 saturated heterocycles. The molecule has 10 heteroatoms. The predicted octanol–water partition coefficient (Wildman–Crippen LogP) is 4.26. The van der Waals surface area contributed by atoms with Gasteiger partial charge in [0.05, 0.1) is 22.0 Å². The molecule has 39 heavy (non-hydrogen) atoms. The van der Waals surface area contributed by atoms with Gasteiger partial charge < -0.3 is 15.2 Å². The Balaban J connectivity index is 1.36. The number of hydrogen-bond donors (Lipinski definition) is 2. The zero-order valence-electron chi connectivity index (χ0n) is 21.9. The average Bonchev–Trinajstić information content (AvgIpc) is 3.59. The van der Waals surface area contributed by atoms with Gasteiger partial charge >= 0.3 is 0 Å². The second kappa shape index (κ2) is 11.0. The van der Waals surface area contributed by atoms with Crippen molar-refractivity contribution in [1.29, 1.82) is 0 Å². The average molecular weight is 546 g/mol. The molecule has 0 aliphatic carbocycles. The Morgan fingerprint density at radius 2 is 1.69 bits per heavy atom. The van der Waals surface area contributed by atoms with E-state index in [4.69, 9.17) is 4.98 Å². The molecule has 0 radical (unpaired) electrons. The highest BCUT2D eigenvalue weighted by atomic mass is 32.2. The molecule has 4 aromatic rings. The Morgan fingerprint density at radius 3 is 2.44 bits per heavy atom. The SMILES string of the molecule is Cc1ccc(C(=O)N[C@@H](C)c2nc3ccccc3n2CC(=O)Nc2cccc(S(=O)(=O)N3CCCC3)c2)cc1. The number of rotatable bonds is 8. The summed E-state index contributed by atoms with van der Waals surface area (Å²) in [6.07, 6.45) is 1.70. The van der Waals surface area contributed by atoms with Crippen LogP contribution in [-0.2, 0) is 21.4 Å². The summed E-state index contributed by atoms with van der Waals surface area (Å²) in [4.78, 5) is 30.9. The van der Waals surface area contributed by atoms with Crippen molar-refractivity contribution in [3.8, 4) is 0 Å². The number of carbonyl (C=O) groups excluding carboxylic acids is 2. The number of anilines is 1. The van der Waals surface area contributed by atoms with Gasteiger partial charge in [-0.25, -0.2) is 13.4 Å². The molecule has 1 atom stereocenters. The maximum Gasteiger partial charge on any atom is 0.251 e. The van der Waals surface area contributed by atoms with Crippen LogP contribution >= 0.6 is 0 Å². The van der Waals surface area contributed by atoms with Crippen LogP contribution in [-0.4, -0.2) is 47.2 Å². The standard InChI is InChI=1S/C29H31N5O4S/c1-20-12-14-22(15-13-20)29(36)30-21(2)28-32-25-10-3-4-11-26(25)34(28)19-27(35)31-23-8-7-9-24(18-23)39(37,38)33-16-5-6-17-33/h3-4,7-15,18,21H,5-6,16-17,19H2,1-2H3,(H,30,36)(H,31,35)/t21-/m0/s1. The van der Waals surface area contributed by atoms with Crippen LogP contribution in [0, 0.1) is 6.92 Å². The molecule has 0 saturated carbocycles. The van der Waals surface area contributed by atoms with Crippen molar-refractivity contribution in [2.75, 3.05) is 18.4 Å². The monoisotopic (exact) mass is 545 g/mol. The molecule has 1 aromatic heterocycles. The van der Waals surface area contributed by atoms with Crippen LogP contribution in [0.5, 0.6) is 0 Å². The molecule has 0 bridgehead atoms. The maximum absolute atomic E-state index is 13.2. The van der Waals surface area contributed by atoms with Gasteiger partial charge in [0, 0.05) is 24.3 Å². The van der Waals surface area contributed by atoms with Crippen LogP contribution in [0.1, 0.15) is 47.6 Å². The minimum Gasteiger partial charge on any atom is -0.342 e. The molecule has 0 spiro atoms. The molecule has 1 aliphatic heterocycles. The van der Waals surface area contributed by atoms with E-state index in [0.717, 1.165) is 23.9 Å². The predicted molar refractivity (Wildman–Crippen MR) is 150 cm³/mol. The van der Waals surface area contributed by atoms with E-state index in [-0.39, 0.29) is 23.3 Å². The van der Waals surface area contributed by atoms with Crippen molar-refractivity contribution in [1.82, 2.24) is 19.2 Å². The van der Waals surface area contributed by atoms with Gasteiger partial charge in [0.2, 0.25) is 15.9 Å². The van der Waals surface area contributed by atoms with Crippen LogP contribution in [0.2, 0.25) is 0 Å². The number of benzene rings is 3. The Hall–Kier alpha value is -4.02. The first-order valence-electron chi connectivity index (χ1n) is 12.9. The minimum atomic E-state index is -3.60. The normalized spacial score (nSPS) is 14.8. The van der Waals surface area contributed by atoms with Gasteiger partial charge in [-0.05, 0) is 69.2 Å². The third kappa shape index (κ3) is 5.71. The number of imidazole rings is 1. The fourth-order valence-electron chi connectivity index (χ4n) is 4.80. The number of sulfonamides is 1. The summed E-state index contributed by atoms with van der Waals surface area (Å²) in [5.41, 5.74) is 3.45. The highest BCUT2D eigenvalue weighted by molar-refractivity contribution is 7.89. The van der Waals surface area contributed by atoms with Crippen molar-refractivity contribution >= 4 is 38.6 Å². The van der Waals surface area contributed by atoms with Crippen molar-refractivity contribution in [2.24, 2.45) is 0 Å². The second-order valence-electron chi connectivity index (χ2n) is 9.79. The van der Waals surface area contributed by atoms with Crippen LogP contribution < -0.4 is 10.6 Å². The number of amides is 2. The van der Waals surface area contributed by atoms with E-state index in [2.05, 4.69) is 10.6 Å². The van der Waals surface area contributed by atoms with E-state index in [0.29, 0.717) is 35.7 Å². The molecule has 0 unspecified atom stereocenters. The quantitative estimate of drug-likeness (QED) is 0.344. The van der Waals surface area contributed by atoms with E-state index in [9.17, 15) is 18.0 Å². The maximum atomic E-state index is 13.2. The molecule has 2 heterocycles. The van der Waals surface area contributed by atoms with E-state index in [1.165, 1.54) is 10.4 Å². The molecule has 9 nitrogen and oxygen atoms in total. The highest BCUT2D eigenvalue weighted by Gasteiger charge is 2.27. The first kappa shape index (κ1) is 26.6. The largest absolute Gasteiger partial charge is 0.342 e. The Kier molecular flexibility index (Phi) is 7.49. The highest BCUT2D eigenvalue weighted by Crippen LogP contribution is 2.24. The number of fused-ring (bicyclic) bond motifs is 1. The fourth-order valence-corrected chi connectivity index (χ4v) is 6.36. The third-order valence-corrected chi connectivity index (χ3v) is 8.75. The van der Waals surface area contributed by atoms with Crippen LogP contribution in [0.4, 0.5) is 5.69 Å². The Labute approximate surface area is 227 Å². The first-order valence-corrected chi connectivity index (χ1v) is 14.4. The summed E-state index contributed by atoms with van der Waals surface area (Å²) in [6, 6.07) is 20.6. The lowest BCUT2D eigenvalue weighted by atomic mass is 10.1. The summed E-state index contributed by atoms with van der Waals surface area (Å²) in [6.45, 7) is 4.74. The van der Waals surface area contributed by atoms with E-state index in [1.807, 2.05) is 50.2 Å². The lowest BCUT2D eigenvalue weighted by molar-refractivity contribution is -0.116. The second-order valence-corrected chi connectivity index (χ2v) is 11.7. The molecule has 202 valence electrons. The molecular weight excluding hydrogens is 514 g/mol. The fraction of sp³-hybridized carbons (Fsp3) is 0.276. The first-order chi connectivity index (χ1) is 18.7. The number of nitrogens with one attached hydrogen (secondary N) is 2. The third-order valence-electron chi connectivity index (χ3n) is 6.86. The number of aromatic nitrogens is 2. The Bertz CT molecular complexity index is 1620. The zero-order chi connectivity index (χ0) is 27.6. The lowest BCUT2D eigenvalue weighted by Crippen LogP contribution is -2.30. The topological polar surface area (TPSA) is 113 Å². The van der Waals surface area contributed by atoms with Crippen molar-refractivity contribution in [2.45, 2.75) is 44.2 Å². The molecule has 1 aliphatic rings. The molecule has 2 amide bonds. The summed E-state index contributed by atoms with van der Waals surface area (Å²) in [5.74, 6) is -0.0362. The summed E-state index contributed by atoms with van der Waals surface area (Å²) in [5, 5.41) is 5.81. The molecule has 1 fully saturated rings. The lowest BCUT2D eigenvalue weighted by Gasteiger charge is -2.17. The summed E-state index contributed by atoms with van der Waals surface area (Å²) >= 11 is 0. The zero-order valence-corrected chi connectivity index (χ0v) is 22.7. The van der Waals surface area contributed by atoms with E-state index in [1.54, 1.807) is 34.9 Å². The minimum absolute atomic E-state index is 0.0658. The molecule has 5 rings (SSSR count). The van der Waals surface area contributed by atoms with Crippen LogP contribution in [0.15, 0.2) is 77.7 Å². The Morgan fingerprint density at radius 1 is 0.974 bits per heavy atom. The van der Waals surface area contributed by atoms with Crippen molar-refractivity contribution in [3.05, 3.63) is 89.7 Å². The van der Waals surface area contributed by atoms with Gasteiger partial charge in [-0.3, -0.25) is 9.59 Å². The van der Waals surface area contributed by atoms with Crippen LogP contribution in [0.25, 0.3) is 11.0 Å². The van der Waals surface area contributed by atoms with Gasteiger partial charge in [0.15, 0.2) is 0 Å². The summed E-state index contributed by atoms with van der Waals surface area (Å²) < 4.78 is 29.2. The number of para-hydroxylation sites is 2. The van der Waals surface area contributed by atoms with Gasteiger partial charge in [-0.15, -0.1) is 0 Å². The smallest absolute Gasteiger partial charge is 0.251 e. The summed E-state index contributed by atoms with van der Waals surface area (Å²) in [7, 11) is -3.60. The number of hydrogen-bond acceptors (Lipinski definition) is 5. The number of aryl methyl sites for hydroxylation is 1. The van der Waals surface area contributed by atoms with Crippen molar-refractivity contribution in [3.63, 3.8) is 0 Å². The van der Waals surface area contributed by atoms with E-state index < -0.39 is 16.1 Å². The molecule has 3 aromatic carbocycles. The number of carbonyl (C=O) groups is 2. The van der Waals surface area contributed by atoms with Crippen LogP contribution in [0.3, 0.4) is 0 Å². The van der Waals surface area contributed by atoms with E-state index >= 15 is 0 Å². The van der Waals surface area contributed by atoms with Gasteiger partial charge in [-0.2, -0.15) is 4.31 Å². The van der Waals surface area contributed by atoms with Gasteiger partial charge in [-0.1, -0.05) is 35.9 Å². The molecular formula is C29H31N5O4S. The number of nitrogens with zero attached hydrogens (tertiary/aromatic N) is 3. The van der Waals surface area contributed by atoms with Gasteiger partial charge in [0.25, 0.3) is 5.91 Å². The van der Waals surface area contributed by atoms with Crippen molar-refractivity contribution < 1.29 is 18.0 Å². The molecule has 2 N–H and O–H groups in total.